The SMILES string of the molecule is NNc1cc(COc2ccc(Cl)cc2Br)ccn1. The summed E-state index contributed by atoms with van der Waals surface area (Å²) in [6, 6.07) is 9.07. The number of aromatic nitrogens is 1. The van der Waals surface area contributed by atoms with Gasteiger partial charge in [0.1, 0.15) is 18.2 Å². The number of nitrogens with two attached hydrogens (primary N) is 1. The van der Waals surface area contributed by atoms with Gasteiger partial charge in [0.15, 0.2) is 0 Å². The summed E-state index contributed by atoms with van der Waals surface area (Å²) < 4.78 is 6.50. The average molecular weight is 329 g/mol. The normalized spacial score (nSPS) is 10.2. The number of ether oxygens (including phenoxy) is 1. The number of benzene rings is 1. The van der Waals surface area contributed by atoms with Crippen LogP contribution in [0.15, 0.2) is 41.0 Å². The van der Waals surface area contributed by atoms with E-state index in [9.17, 15) is 0 Å². The molecule has 0 amide bonds. The van der Waals surface area contributed by atoms with E-state index >= 15 is 0 Å². The zero-order valence-electron chi connectivity index (χ0n) is 9.36. The Morgan fingerprint density at radius 2 is 2.17 bits per heavy atom. The molecule has 0 bridgehead atoms. The van der Waals surface area contributed by atoms with Crippen LogP contribution in [0.1, 0.15) is 5.56 Å². The molecule has 0 aliphatic rings. The lowest BCUT2D eigenvalue weighted by atomic mass is 10.3. The van der Waals surface area contributed by atoms with E-state index in [1.807, 2.05) is 18.2 Å². The van der Waals surface area contributed by atoms with E-state index in [2.05, 4.69) is 26.3 Å². The minimum atomic E-state index is 0.428. The fourth-order valence-electron chi connectivity index (χ4n) is 1.40. The zero-order chi connectivity index (χ0) is 13.0. The Morgan fingerprint density at radius 3 is 2.89 bits per heavy atom. The van der Waals surface area contributed by atoms with Gasteiger partial charge in [-0.3, -0.25) is 0 Å². The maximum atomic E-state index is 5.86. The molecule has 0 radical (unpaired) electrons. The first-order valence-electron chi connectivity index (χ1n) is 5.18. The third-order valence-corrected chi connectivity index (χ3v) is 3.12. The number of nitrogens with one attached hydrogen (secondary N) is 1. The van der Waals surface area contributed by atoms with Crippen molar-refractivity contribution in [1.29, 1.82) is 0 Å². The van der Waals surface area contributed by atoms with Crippen molar-refractivity contribution in [1.82, 2.24) is 4.98 Å². The molecule has 1 aromatic carbocycles. The monoisotopic (exact) mass is 327 g/mol. The Bertz CT molecular complexity index is 551. The Kier molecular flexibility index (Phi) is 4.41. The molecular weight excluding hydrogens is 318 g/mol. The van der Waals surface area contributed by atoms with Crippen molar-refractivity contribution in [3.63, 3.8) is 0 Å². The molecule has 1 aromatic heterocycles. The van der Waals surface area contributed by atoms with E-state index in [1.165, 1.54) is 0 Å². The highest BCUT2D eigenvalue weighted by Crippen LogP contribution is 2.28. The Balaban J connectivity index is 2.06. The van der Waals surface area contributed by atoms with Gasteiger partial charge in [-0.2, -0.15) is 0 Å². The predicted molar refractivity (Wildman–Crippen MR) is 75.5 cm³/mol. The first-order valence-corrected chi connectivity index (χ1v) is 6.35. The lowest BCUT2D eigenvalue weighted by Crippen LogP contribution is -2.09. The average Bonchev–Trinajstić information content (AvgIpc) is 2.38. The number of pyridine rings is 1. The molecule has 0 aliphatic carbocycles. The molecule has 6 heteroatoms. The molecular formula is C12H11BrClN3O. The summed E-state index contributed by atoms with van der Waals surface area (Å²) in [6.07, 6.45) is 1.67. The lowest BCUT2D eigenvalue weighted by molar-refractivity contribution is 0.304. The van der Waals surface area contributed by atoms with Gasteiger partial charge < -0.3 is 10.2 Å². The van der Waals surface area contributed by atoms with Gasteiger partial charge in [0.25, 0.3) is 0 Å². The topological polar surface area (TPSA) is 60.2 Å². The molecule has 3 N–H and O–H groups in total. The highest BCUT2D eigenvalue weighted by atomic mass is 79.9. The minimum absolute atomic E-state index is 0.428. The van der Waals surface area contributed by atoms with Gasteiger partial charge in [-0.15, -0.1) is 0 Å². The van der Waals surface area contributed by atoms with Gasteiger partial charge in [0.2, 0.25) is 0 Å². The molecule has 4 nitrogen and oxygen atoms in total. The van der Waals surface area contributed by atoms with Crippen LogP contribution in [-0.2, 0) is 6.61 Å². The second kappa shape index (κ2) is 6.04. The van der Waals surface area contributed by atoms with Gasteiger partial charge >= 0.3 is 0 Å². The highest BCUT2D eigenvalue weighted by molar-refractivity contribution is 9.10. The number of hydrogen-bond donors (Lipinski definition) is 2. The van der Waals surface area contributed by atoms with Crippen molar-refractivity contribution in [2.24, 2.45) is 5.84 Å². The third-order valence-electron chi connectivity index (χ3n) is 2.26. The summed E-state index contributed by atoms with van der Waals surface area (Å²) >= 11 is 9.25. The fourth-order valence-corrected chi connectivity index (χ4v) is 2.19. The van der Waals surface area contributed by atoms with Crippen LogP contribution in [0.25, 0.3) is 0 Å². The Hall–Kier alpha value is -1.30. The molecule has 2 rings (SSSR count). The first-order chi connectivity index (χ1) is 8.69. The Labute approximate surface area is 118 Å². The van der Waals surface area contributed by atoms with Crippen LogP contribution < -0.4 is 16.0 Å². The lowest BCUT2D eigenvalue weighted by Gasteiger charge is -2.09. The largest absolute Gasteiger partial charge is 0.488 e. The number of halogens is 2. The van der Waals surface area contributed by atoms with Gasteiger partial charge in [0.05, 0.1) is 4.47 Å². The summed E-state index contributed by atoms with van der Waals surface area (Å²) in [5.74, 6) is 6.63. The number of anilines is 1. The third kappa shape index (κ3) is 3.35. The molecule has 0 atom stereocenters. The second-order valence-electron chi connectivity index (χ2n) is 3.56. The Morgan fingerprint density at radius 1 is 1.33 bits per heavy atom. The molecule has 0 saturated heterocycles. The van der Waals surface area contributed by atoms with Crippen molar-refractivity contribution in [3.05, 3.63) is 51.6 Å². The molecule has 0 spiro atoms. The van der Waals surface area contributed by atoms with E-state index in [0.29, 0.717) is 17.4 Å². The van der Waals surface area contributed by atoms with E-state index in [1.54, 1.807) is 18.3 Å². The molecule has 0 aliphatic heterocycles. The number of hydrazine groups is 1. The summed E-state index contributed by atoms with van der Waals surface area (Å²) in [5.41, 5.74) is 3.46. The second-order valence-corrected chi connectivity index (χ2v) is 4.85. The maximum absolute atomic E-state index is 5.86. The minimum Gasteiger partial charge on any atom is -0.488 e. The van der Waals surface area contributed by atoms with E-state index < -0.39 is 0 Å². The quantitative estimate of drug-likeness (QED) is 0.667. The van der Waals surface area contributed by atoms with Crippen LogP contribution in [0.2, 0.25) is 5.02 Å². The predicted octanol–water partition coefficient (Wildman–Crippen LogP) is 3.36. The van der Waals surface area contributed by atoms with Gasteiger partial charge in [-0.1, -0.05) is 11.6 Å². The van der Waals surface area contributed by atoms with Crippen molar-refractivity contribution < 1.29 is 4.74 Å². The van der Waals surface area contributed by atoms with Crippen molar-refractivity contribution in [2.45, 2.75) is 6.61 Å². The summed E-state index contributed by atoms with van der Waals surface area (Å²) in [7, 11) is 0. The van der Waals surface area contributed by atoms with Crippen LogP contribution in [0, 0.1) is 0 Å². The molecule has 18 heavy (non-hydrogen) atoms. The zero-order valence-corrected chi connectivity index (χ0v) is 11.7. The summed E-state index contributed by atoms with van der Waals surface area (Å²) in [5, 5.41) is 0.660. The standard InChI is InChI=1S/C12H11BrClN3O/c13-10-6-9(14)1-2-11(10)18-7-8-3-4-16-12(5-8)17-15/h1-6H,7,15H2,(H,16,17). The van der Waals surface area contributed by atoms with Crippen molar-refractivity contribution in [3.8, 4) is 5.75 Å². The van der Waals surface area contributed by atoms with Gasteiger partial charge in [-0.05, 0) is 51.8 Å². The molecule has 0 fully saturated rings. The fraction of sp³-hybridized carbons (Fsp3) is 0.0833. The van der Waals surface area contributed by atoms with Crippen LogP contribution in [-0.4, -0.2) is 4.98 Å². The molecule has 2 aromatic rings. The van der Waals surface area contributed by atoms with Crippen molar-refractivity contribution >= 4 is 33.3 Å². The number of rotatable bonds is 4. The first kappa shape index (κ1) is 13.1. The van der Waals surface area contributed by atoms with E-state index in [4.69, 9.17) is 22.2 Å². The molecule has 94 valence electrons. The summed E-state index contributed by atoms with van der Waals surface area (Å²) in [6.45, 7) is 0.428. The maximum Gasteiger partial charge on any atom is 0.140 e. The molecule has 0 saturated carbocycles. The number of nitrogen functional groups attached to an aromatic ring is 1. The van der Waals surface area contributed by atoms with Crippen molar-refractivity contribution in [2.75, 3.05) is 5.43 Å². The molecule has 0 unspecified atom stereocenters. The smallest absolute Gasteiger partial charge is 0.140 e. The molecule has 1 heterocycles. The van der Waals surface area contributed by atoms with Gasteiger partial charge in [0, 0.05) is 11.2 Å². The van der Waals surface area contributed by atoms with Gasteiger partial charge in [-0.25, -0.2) is 10.8 Å². The summed E-state index contributed by atoms with van der Waals surface area (Å²) in [4.78, 5) is 4.02. The number of hydrogen-bond acceptors (Lipinski definition) is 4. The van der Waals surface area contributed by atoms with Crippen LogP contribution >= 0.6 is 27.5 Å². The van der Waals surface area contributed by atoms with E-state index in [-0.39, 0.29) is 0 Å². The highest BCUT2D eigenvalue weighted by Gasteiger charge is 2.03. The van der Waals surface area contributed by atoms with E-state index in [0.717, 1.165) is 15.8 Å². The van der Waals surface area contributed by atoms with Crippen LogP contribution in [0.4, 0.5) is 5.82 Å². The van der Waals surface area contributed by atoms with Crippen LogP contribution in [0.5, 0.6) is 5.75 Å². The number of nitrogens with zero attached hydrogens (tertiary/aromatic N) is 1. The van der Waals surface area contributed by atoms with Crippen LogP contribution in [0.3, 0.4) is 0 Å².